The number of halogens is 3. The van der Waals surface area contributed by atoms with Gasteiger partial charge in [-0.2, -0.15) is 13.2 Å². The molecule has 0 heterocycles. The molecule has 11 heteroatoms. The molecular formula is C19H20F3N3O5. The zero-order chi connectivity index (χ0) is 22.6. The van der Waals surface area contributed by atoms with Gasteiger partial charge in [-0.3, -0.25) is 14.9 Å². The van der Waals surface area contributed by atoms with E-state index in [9.17, 15) is 28.1 Å². The van der Waals surface area contributed by atoms with E-state index >= 15 is 0 Å². The Morgan fingerprint density at radius 3 is 2.23 bits per heavy atom. The van der Waals surface area contributed by atoms with Crippen LogP contribution in [0.4, 0.5) is 30.2 Å². The van der Waals surface area contributed by atoms with E-state index in [1.165, 1.54) is 21.1 Å². The number of anilines is 2. The van der Waals surface area contributed by atoms with Gasteiger partial charge in [0.15, 0.2) is 11.5 Å². The lowest BCUT2D eigenvalue weighted by Crippen LogP contribution is -2.32. The SMILES string of the molecule is COc1cc(C)c(NC(=O)[C@@H](C)Nc2ccc(C(F)(F)F)cc2[N+](=O)[O-])cc1OC. The van der Waals surface area contributed by atoms with Gasteiger partial charge in [0, 0.05) is 17.8 Å². The van der Waals surface area contributed by atoms with Crippen LogP contribution >= 0.6 is 0 Å². The average Bonchev–Trinajstić information content (AvgIpc) is 2.68. The summed E-state index contributed by atoms with van der Waals surface area (Å²) in [6.45, 7) is 3.16. The van der Waals surface area contributed by atoms with Crippen molar-refractivity contribution in [1.82, 2.24) is 0 Å². The number of nitrogens with zero attached hydrogens (tertiary/aromatic N) is 1. The maximum atomic E-state index is 12.8. The molecule has 0 radical (unpaired) electrons. The van der Waals surface area contributed by atoms with Gasteiger partial charge in [-0.1, -0.05) is 0 Å². The first-order valence-electron chi connectivity index (χ1n) is 8.63. The molecule has 0 saturated heterocycles. The van der Waals surface area contributed by atoms with Crippen molar-refractivity contribution in [3.05, 3.63) is 51.6 Å². The van der Waals surface area contributed by atoms with Crippen molar-refractivity contribution < 1.29 is 32.4 Å². The van der Waals surface area contributed by atoms with Crippen molar-refractivity contribution in [3.8, 4) is 11.5 Å². The van der Waals surface area contributed by atoms with E-state index in [0.29, 0.717) is 34.9 Å². The molecule has 0 unspecified atom stereocenters. The van der Waals surface area contributed by atoms with Crippen LogP contribution in [0.25, 0.3) is 0 Å². The first-order valence-corrected chi connectivity index (χ1v) is 8.63. The van der Waals surface area contributed by atoms with Crippen molar-refractivity contribution in [3.63, 3.8) is 0 Å². The minimum absolute atomic E-state index is 0.209. The fourth-order valence-corrected chi connectivity index (χ4v) is 2.64. The topological polar surface area (TPSA) is 103 Å². The number of nitro groups is 1. The van der Waals surface area contributed by atoms with Gasteiger partial charge in [-0.15, -0.1) is 0 Å². The summed E-state index contributed by atoms with van der Waals surface area (Å²) in [4.78, 5) is 22.8. The number of carbonyl (C=O) groups excluding carboxylic acids is 1. The summed E-state index contributed by atoms with van der Waals surface area (Å²) >= 11 is 0. The Morgan fingerprint density at radius 1 is 1.10 bits per heavy atom. The van der Waals surface area contributed by atoms with E-state index in [1.807, 2.05) is 0 Å². The monoisotopic (exact) mass is 427 g/mol. The number of hydrogen-bond donors (Lipinski definition) is 2. The Balaban J connectivity index is 2.23. The Bertz CT molecular complexity index is 963. The molecule has 0 bridgehead atoms. The smallest absolute Gasteiger partial charge is 0.416 e. The Kier molecular flexibility index (Phi) is 6.75. The van der Waals surface area contributed by atoms with Gasteiger partial charge >= 0.3 is 6.18 Å². The molecule has 0 aliphatic heterocycles. The molecule has 8 nitrogen and oxygen atoms in total. The van der Waals surface area contributed by atoms with Gasteiger partial charge in [-0.25, -0.2) is 0 Å². The summed E-state index contributed by atoms with van der Waals surface area (Å²) in [5.74, 6) is 0.302. The second-order valence-electron chi connectivity index (χ2n) is 6.36. The minimum atomic E-state index is -4.72. The van der Waals surface area contributed by atoms with E-state index in [1.54, 1.807) is 19.1 Å². The molecule has 2 rings (SSSR count). The van der Waals surface area contributed by atoms with E-state index in [2.05, 4.69) is 10.6 Å². The number of alkyl halides is 3. The molecule has 162 valence electrons. The molecular weight excluding hydrogens is 407 g/mol. The van der Waals surface area contributed by atoms with Crippen LogP contribution in [0.2, 0.25) is 0 Å². The van der Waals surface area contributed by atoms with Gasteiger partial charge in [0.05, 0.1) is 24.7 Å². The van der Waals surface area contributed by atoms with Crippen LogP contribution in [-0.4, -0.2) is 31.1 Å². The van der Waals surface area contributed by atoms with Gasteiger partial charge in [0.2, 0.25) is 5.91 Å². The molecule has 0 aromatic heterocycles. The Hall–Kier alpha value is -3.50. The van der Waals surface area contributed by atoms with Crippen molar-refractivity contribution in [2.45, 2.75) is 26.1 Å². The number of aryl methyl sites for hydroxylation is 1. The molecule has 0 fully saturated rings. The standard InChI is InChI=1S/C19H20F3N3O5/c1-10-7-16(29-3)17(30-4)9-14(10)24-18(26)11(2)23-13-6-5-12(19(20,21)22)8-15(13)25(27)28/h5-9,11,23H,1-4H3,(H,24,26)/t11-/m1/s1. The average molecular weight is 427 g/mol. The maximum Gasteiger partial charge on any atom is 0.416 e. The first-order chi connectivity index (χ1) is 14.0. The molecule has 0 saturated carbocycles. The van der Waals surface area contributed by atoms with Crippen molar-refractivity contribution in [2.24, 2.45) is 0 Å². The second-order valence-corrected chi connectivity index (χ2v) is 6.36. The predicted octanol–water partition coefficient (Wildman–Crippen LogP) is 4.38. The number of rotatable bonds is 7. The highest BCUT2D eigenvalue weighted by Gasteiger charge is 2.33. The number of methoxy groups -OCH3 is 2. The summed E-state index contributed by atoms with van der Waals surface area (Å²) in [7, 11) is 2.91. The number of nitrogens with one attached hydrogen (secondary N) is 2. The highest BCUT2D eigenvalue weighted by Crippen LogP contribution is 2.36. The third kappa shape index (κ3) is 5.10. The number of nitro benzene ring substituents is 1. The first kappa shape index (κ1) is 22.8. The summed E-state index contributed by atoms with van der Waals surface area (Å²) in [6.07, 6.45) is -4.72. The molecule has 2 N–H and O–H groups in total. The van der Waals surface area contributed by atoms with E-state index in [4.69, 9.17) is 9.47 Å². The fourth-order valence-electron chi connectivity index (χ4n) is 2.64. The quantitative estimate of drug-likeness (QED) is 0.502. The van der Waals surface area contributed by atoms with Crippen molar-refractivity contribution >= 4 is 23.0 Å². The van der Waals surface area contributed by atoms with Gasteiger partial charge in [0.1, 0.15) is 11.7 Å². The number of amides is 1. The molecule has 2 aromatic carbocycles. The molecule has 0 spiro atoms. The van der Waals surface area contributed by atoms with Gasteiger partial charge in [0.25, 0.3) is 5.69 Å². The zero-order valence-electron chi connectivity index (χ0n) is 16.6. The fraction of sp³-hybridized carbons (Fsp3) is 0.316. The molecule has 0 aliphatic carbocycles. The lowest BCUT2D eigenvalue weighted by atomic mass is 10.1. The van der Waals surface area contributed by atoms with Gasteiger partial charge in [-0.05, 0) is 37.6 Å². The number of hydrogen-bond acceptors (Lipinski definition) is 6. The predicted molar refractivity (Wildman–Crippen MR) is 104 cm³/mol. The summed E-state index contributed by atoms with van der Waals surface area (Å²) in [5.41, 5.74) is -1.05. The molecule has 1 atom stereocenters. The molecule has 30 heavy (non-hydrogen) atoms. The van der Waals surface area contributed by atoms with Crippen LogP contribution in [0, 0.1) is 17.0 Å². The van der Waals surface area contributed by atoms with Gasteiger partial charge < -0.3 is 20.1 Å². The minimum Gasteiger partial charge on any atom is -0.493 e. The normalized spacial score (nSPS) is 12.1. The largest absolute Gasteiger partial charge is 0.493 e. The lowest BCUT2D eigenvalue weighted by Gasteiger charge is -2.18. The molecule has 0 aliphatic rings. The van der Waals surface area contributed by atoms with Crippen molar-refractivity contribution in [2.75, 3.05) is 24.9 Å². The third-order valence-corrected chi connectivity index (χ3v) is 4.28. The van der Waals surface area contributed by atoms with Crippen LogP contribution in [0.5, 0.6) is 11.5 Å². The molecule has 1 amide bonds. The lowest BCUT2D eigenvalue weighted by molar-refractivity contribution is -0.384. The van der Waals surface area contributed by atoms with E-state index in [0.717, 1.165) is 6.07 Å². The number of carbonyl (C=O) groups is 1. The highest BCUT2D eigenvalue weighted by atomic mass is 19.4. The number of benzene rings is 2. The second kappa shape index (κ2) is 8.89. The van der Waals surface area contributed by atoms with Crippen LogP contribution < -0.4 is 20.1 Å². The maximum absolute atomic E-state index is 12.8. The van der Waals surface area contributed by atoms with E-state index < -0.39 is 34.3 Å². The third-order valence-electron chi connectivity index (χ3n) is 4.28. The Morgan fingerprint density at radius 2 is 1.70 bits per heavy atom. The van der Waals surface area contributed by atoms with Crippen LogP contribution in [-0.2, 0) is 11.0 Å². The van der Waals surface area contributed by atoms with Crippen molar-refractivity contribution in [1.29, 1.82) is 0 Å². The summed E-state index contributed by atoms with van der Waals surface area (Å²) in [6, 6.07) is 4.27. The van der Waals surface area contributed by atoms with Crippen LogP contribution in [0.15, 0.2) is 30.3 Å². The van der Waals surface area contributed by atoms with E-state index in [-0.39, 0.29) is 5.69 Å². The Labute approximate surface area is 170 Å². The molecule has 2 aromatic rings. The number of ether oxygens (including phenoxy) is 2. The zero-order valence-corrected chi connectivity index (χ0v) is 16.6. The summed E-state index contributed by atoms with van der Waals surface area (Å²) in [5, 5.41) is 16.4. The van der Waals surface area contributed by atoms with Crippen LogP contribution in [0.1, 0.15) is 18.1 Å². The highest BCUT2D eigenvalue weighted by molar-refractivity contribution is 5.97. The van der Waals surface area contributed by atoms with Crippen LogP contribution in [0.3, 0.4) is 0 Å². The summed E-state index contributed by atoms with van der Waals surface area (Å²) < 4.78 is 48.8.